The first-order chi connectivity index (χ1) is 19.6. The van der Waals surface area contributed by atoms with Crippen molar-refractivity contribution < 1.29 is 19.1 Å². The van der Waals surface area contributed by atoms with E-state index in [1.165, 1.54) is 11.1 Å². The highest BCUT2D eigenvalue weighted by atomic mass is 16.5. The number of carbonyl (C=O) groups is 3. The number of nitrogens with one attached hydrogen (secondary N) is 1. The molecule has 1 unspecified atom stereocenters. The minimum atomic E-state index is -0.572. The smallest absolute Gasteiger partial charge is 0.251 e. The maximum atomic E-state index is 13.7. The van der Waals surface area contributed by atoms with Crippen molar-refractivity contribution in [1.82, 2.24) is 15.1 Å². The van der Waals surface area contributed by atoms with Crippen LogP contribution >= 0.6 is 0 Å². The van der Waals surface area contributed by atoms with E-state index in [1.54, 1.807) is 9.80 Å². The number of carbonyl (C=O) groups excluding carboxylic acids is 3. The lowest BCUT2D eigenvalue weighted by atomic mass is 9.86. The molecule has 1 saturated heterocycles. The normalized spacial score (nSPS) is 18.0. The molecule has 7 heteroatoms. The lowest BCUT2D eigenvalue weighted by Gasteiger charge is -2.37. The van der Waals surface area contributed by atoms with Crippen molar-refractivity contribution in [1.29, 1.82) is 0 Å². The molecule has 7 nitrogen and oxygen atoms in total. The highest BCUT2D eigenvalue weighted by Gasteiger charge is 2.38. The Kier molecular flexibility index (Phi) is 10.4. The molecular weight excluding hydrogens is 514 g/mol. The van der Waals surface area contributed by atoms with Crippen LogP contribution in [0.15, 0.2) is 65.9 Å². The Balaban J connectivity index is 1.43. The van der Waals surface area contributed by atoms with Gasteiger partial charge in [-0.05, 0) is 54.7 Å². The second kappa shape index (κ2) is 13.9. The highest BCUT2D eigenvalue weighted by Crippen LogP contribution is 2.32. The van der Waals surface area contributed by atoms with Crippen LogP contribution in [0.1, 0.15) is 70.1 Å². The zero-order valence-corrected chi connectivity index (χ0v) is 25.1. The minimum absolute atomic E-state index is 0.0348. The van der Waals surface area contributed by atoms with Crippen LogP contribution in [0.2, 0.25) is 0 Å². The van der Waals surface area contributed by atoms with E-state index in [9.17, 15) is 14.4 Å². The van der Waals surface area contributed by atoms with E-state index in [2.05, 4.69) is 62.5 Å². The number of hydrogen-bond donors (Lipinski definition) is 1. The molecule has 2 aromatic carbocycles. The van der Waals surface area contributed by atoms with Crippen LogP contribution in [0.25, 0.3) is 0 Å². The van der Waals surface area contributed by atoms with E-state index in [0.717, 1.165) is 24.8 Å². The van der Waals surface area contributed by atoms with Crippen molar-refractivity contribution in [3.05, 3.63) is 82.6 Å². The van der Waals surface area contributed by atoms with Crippen molar-refractivity contribution >= 4 is 17.7 Å². The van der Waals surface area contributed by atoms with Crippen LogP contribution in [0, 0.1) is 5.92 Å². The number of nitrogens with zero attached hydrogens (tertiary/aromatic N) is 2. The number of aryl methyl sites for hydroxylation is 1. The van der Waals surface area contributed by atoms with Gasteiger partial charge in [0.25, 0.3) is 5.91 Å². The summed E-state index contributed by atoms with van der Waals surface area (Å²) in [5.41, 5.74) is 4.85. The molecular formula is C34H45N3O4. The Bertz CT molecular complexity index is 1220. The molecule has 0 bridgehead atoms. The van der Waals surface area contributed by atoms with Gasteiger partial charge in [-0.2, -0.15) is 0 Å². The zero-order valence-electron chi connectivity index (χ0n) is 25.1. The fraction of sp³-hybridized carbons (Fsp3) is 0.500. The fourth-order valence-corrected chi connectivity index (χ4v) is 5.50. The molecule has 4 rings (SSSR count). The molecule has 2 heterocycles. The maximum absolute atomic E-state index is 13.7. The molecule has 220 valence electrons. The quantitative estimate of drug-likeness (QED) is 0.416. The third kappa shape index (κ3) is 8.29. The Labute approximate surface area is 244 Å². The summed E-state index contributed by atoms with van der Waals surface area (Å²) in [7, 11) is 0. The lowest BCUT2D eigenvalue weighted by Crippen LogP contribution is -2.46. The molecule has 1 fully saturated rings. The van der Waals surface area contributed by atoms with Crippen molar-refractivity contribution in [3.8, 4) is 0 Å². The largest absolute Gasteiger partial charge is 0.378 e. The van der Waals surface area contributed by atoms with Crippen LogP contribution in [-0.2, 0) is 37.5 Å². The van der Waals surface area contributed by atoms with Crippen molar-refractivity contribution in [2.45, 2.75) is 71.8 Å². The predicted molar refractivity (Wildman–Crippen MR) is 161 cm³/mol. The number of unbranched alkanes of at least 4 members (excludes halogenated alkanes) is 1. The molecule has 1 atom stereocenters. The Morgan fingerprint density at radius 1 is 0.951 bits per heavy atom. The van der Waals surface area contributed by atoms with Gasteiger partial charge < -0.3 is 19.9 Å². The third-order valence-corrected chi connectivity index (χ3v) is 8.11. The third-order valence-electron chi connectivity index (χ3n) is 8.11. The number of benzene rings is 2. The molecule has 0 aromatic heterocycles. The van der Waals surface area contributed by atoms with E-state index in [0.29, 0.717) is 50.7 Å². The molecule has 2 aliphatic heterocycles. The molecule has 41 heavy (non-hydrogen) atoms. The summed E-state index contributed by atoms with van der Waals surface area (Å²) in [6, 6.07) is 18.6. The van der Waals surface area contributed by atoms with Crippen LogP contribution in [0.3, 0.4) is 0 Å². The minimum Gasteiger partial charge on any atom is -0.378 e. The topological polar surface area (TPSA) is 79.0 Å². The van der Waals surface area contributed by atoms with Gasteiger partial charge in [0.2, 0.25) is 11.8 Å². The maximum Gasteiger partial charge on any atom is 0.251 e. The number of ether oxygens (including phenoxy) is 1. The summed E-state index contributed by atoms with van der Waals surface area (Å²) < 4.78 is 5.44. The number of amides is 3. The molecule has 0 spiro atoms. The summed E-state index contributed by atoms with van der Waals surface area (Å²) in [6.45, 7) is 11.4. The molecule has 2 aromatic rings. The van der Waals surface area contributed by atoms with E-state index in [-0.39, 0.29) is 36.0 Å². The summed E-state index contributed by atoms with van der Waals surface area (Å²) in [4.78, 5) is 43.8. The van der Waals surface area contributed by atoms with Gasteiger partial charge in [-0.25, -0.2) is 0 Å². The average molecular weight is 560 g/mol. The number of rotatable bonds is 10. The van der Waals surface area contributed by atoms with Gasteiger partial charge in [0, 0.05) is 37.3 Å². The zero-order chi connectivity index (χ0) is 29.4. The Hall–Kier alpha value is -3.45. The summed E-state index contributed by atoms with van der Waals surface area (Å²) in [6.07, 6.45) is 3.18. The Morgan fingerprint density at radius 2 is 1.63 bits per heavy atom. The van der Waals surface area contributed by atoms with Crippen LogP contribution in [-0.4, -0.2) is 60.4 Å². The number of hydrogen-bond acceptors (Lipinski definition) is 4. The number of allylic oxidation sites excluding steroid dienone is 1. The van der Waals surface area contributed by atoms with Gasteiger partial charge in [0.05, 0.1) is 25.7 Å². The average Bonchev–Trinajstić information content (AvgIpc) is 2.97. The van der Waals surface area contributed by atoms with E-state index in [1.807, 2.05) is 25.1 Å². The number of morpholine rings is 1. The van der Waals surface area contributed by atoms with Crippen LogP contribution < -0.4 is 5.32 Å². The molecule has 1 N–H and O–H groups in total. The molecule has 3 amide bonds. The predicted octanol–water partition coefficient (Wildman–Crippen LogP) is 4.99. The van der Waals surface area contributed by atoms with Gasteiger partial charge in [0.15, 0.2) is 0 Å². The van der Waals surface area contributed by atoms with E-state index in [4.69, 9.17) is 4.74 Å². The first-order valence-corrected chi connectivity index (χ1v) is 14.9. The van der Waals surface area contributed by atoms with Crippen molar-refractivity contribution in [3.63, 3.8) is 0 Å². The Morgan fingerprint density at radius 3 is 2.29 bits per heavy atom. The fourth-order valence-electron chi connectivity index (χ4n) is 5.50. The van der Waals surface area contributed by atoms with Crippen molar-refractivity contribution in [2.24, 2.45) is 5.92 Å². The SMILES string of the molecule is CC1=C(C(=O)N2CCOCC2)CC(CC(=O)NCCCCc2ccccc2)C(=O)N1Cc1ccc(C(C)(C)C)cc1. The first kappa shape index (κ1) is 30.5. The molecule has 0 radical (unpaired) electrons. The first-order valence-electron chi connectivity index (χ1n) is 14.9. The van der Waals surface area contributed by atoms with E-state index >= 15 is 0 Å². The van der Waals surface area contributed by atoms with Crippen LogP contribution in [0.4, 0.5) is 0 Å². The second-order valence-corrected chi connectivity index (χ2v) is 12.2. The van der Waals surface area contributed by atoms with Crippen LogP contribution in [0.5, 0.6) is 0 Å². The van der Waals surface area contributed by atoms with E-state index < -0.39 is 5.92 Å². The van der Waals surface area contributed by atoms with Gasteiger partial charge in [-0.3, -0.25) is 14.4 Å². The summed E-state index contributed by atoms with van der Waals surface area (Å²) >= 11 is 0. The standard InChI is InChI=1S/C34H45N3O4/c1-25-30(33(40)36-18-20-41-21-19-36)22-28(23-31(38)35-17-9-8-12-26-10-6-5-7-11-26)32(39)37(25)24-27-13-15-29(16-14-27)34(2,3)4/h5-7,10-11,13-16,28H,8-9,12,17-24H2,1-4H3,(H,35,38). The van der Waals surface area contributed by atoms with Gasteiger partial charge in [-0.1, -0.05) is 75.4 Å². The lowest BCUT2D eigenvalue weighted by molar-refractivity contribution is -0.139. The highest BCUT2D eigenvalue weighted by molar-refractivity contribution is 5.98. The van der Waals surface area contributed by atoms with Gasteiger partial charge in [0.1, 0.15) is 0 Å². The van der Waals surface area contributed by atoms with Crippen molar-refractivity contribution in [2.75, 3.05) is 32.8 Å². The molecule has 0 aliphatic carbocycles. The van der Waals surface area contributed by atoms with Gasteiger partial charge in [-0.15, -0.1) is 0 Å². The molecule has 0 saturated carbocycles. The second-order valence-electron chi connectivity index (χ2n) is 12.2. The monoisotopic (exact) mass is 559 g/mol. The summed E-state index contributed by atoms with van der Waals surface area (Å²) in [5, 5.41) is 3.00. The summed E-state index contributed by atoms with van der Waals surface area (Å²) in [5.74, 6) is -0.870. The molecule has 2 aliphatic rings. The van der Waals surface area contributed by atoms with Gasteiger partial charge >= 0.3 is 0 Å².